The Morgan fingerprint density at radius 1 is 1.15 bits per heavy atom. The Balaban J connectivity index is 2.37. The highest BCUT2D eigenvalue weighted by Gasteiger charge is 2.53. The average Bonchev–Trinajstić information content (AvgIpc) is 2.49. The van der Waals surface area contributed by atoms with E-state index in [2.05, 4.69) is 0 Å². The summed E-state index contributed by atoms with van der Waals surface area (Å²) in [5.74, 6) is -2.28. The third-order valence-corrected chi connectivity index (χ3v) is 3.43. The van der Waals surface area contributed by atoms with Gasteiger partial charge < -0.3 is 30.3 Å². The van der Waals surface area contributed by atoms with Crippen LogP contribution < -0.4 is 0 Å². The molecule has 1 aliphatic heterocycles. The van der Waals surface area contributed by atoms with E-state index in [1.165, 1.54) is 24.3 Å². The zero-order chi connectivity index (χ0) is 14.9. The van der Waals surface area contributed by atoms with E-state index in [1.54, 1.807) is 0 Å². The largest absolute Gasteiger partial charge is 0.394 e. The standard InChI is InChI=1S/C13H16O7/c14-5-7-1-3-8(4-2-7)13(19)12(18)11(17)10(16)9(6-15)20-13/h1-5,9-12,15-19H,6H2/t9-,10-,11-,12-,13?/m1/s1. The zero-order valence-corrected chi connectivity index (χ0v) is 10.5. The predicted molar refractivity (Wildman–Crippen MR) is 65.7 cm³/mol. The molecule has 1 aliphatic rings. The molecule has 0 amide bonds. The second-order valence-corrected chi connectivity index (χ2v) is 4.70. The molecule has 2 rings (SSSR count). The Kier molecular flexibility index (Phi) is 4.19. The first-order chi connectivity index (χ1) is 9.43. The van der Waals surface area contributed by atoms with E-state index in [-0.39, 0.29) is 5.56 Å². The van der Waals surface area contributed by atoms with Gasteiger partial charge in [-0.05, 0) is 0 Å². The molecule has 1 heterocycles. The molecule has 7 nitrogen and oxygen atoms in total. The van der Waals surface area contributed by atoms with Gasteiger partial charge in [0.05, 0.1) is 6.61 Å². The monoisotopic (exact) mass is 284 g/mol. The number of ether oxygens (including phenoxy) is 1. The smallest absolute Gasteiger partial charge is 0.222 e. The van der Waals surface area contributed by atoms with Crippen molar-refractivity contribution in [2.24, 2.45) is 0 Å². The van der Waals surface area contributed by atoms with Crippen LogP contribution in [0.3, 0.4) is 0 Å². The fraction of sp³-hybridized carbons (Fsp3) is 0.462. The Bertz CT molecular complexity index is 472. The van der Waals surface area contributed by atoms with Gasteiger partial charge in [0.1, 0.15) is 30.7 Å². The first-order valence-corrected chi connectivity index (χ1v) is 6.05. The van der Waals surface area contributed by atoms with Gasteiger partial charge in [0.25, 0.3) is 0 Å². The second kappa shape index (κ2) is 5.57. The highest BCUT2D eigenvalue weighted by Crippen LogP contribution is 2.36. The lowest BCUT2D eigenvalue weighted by molar-refractivity contribution is -0.357. The lowest BCUT2D eigenvalue weighted by Crippen LogP contribution is -2.63. The van der Waals surface area contributed by atoms with Crippen molar-refractivity contribution in [3.8, 4) is 0 Å². The van der Waals surface area contributed by atoms with Crippen LogP contribution in [0.2, 0.25) is 0 Å². The maximum absolute atomic E-state index is 10.6. The van der Waals surface area contributed by atoms with Gasteiger partial charge in [-0.25, -0.2) is 0 Å². The Hall–Kier alpha value is -1.35. The minimum atomic E-state index is -2.28. The highest BCUT2D eigenvalue weighted by molar-refractivity contribution is 5.74. The van der Waals surface area contributed by atoms with Crippen LogP contribution in [0.5, 0.6) is 0 Å². The summed E-state index contributed by atoms with van der Waals surface area (Å²) in [7, 11) is 0. The molecule has 1 aromatic rings. The van der Waals surface area contributed by atoms with Crippen molar-refractivity contribution < 1.29 is 35.1 Å². The number of benzene rings is 1. The third kappa shape index (κ3) is 2.35. The highest BCUT2D eigenvalue weighted by atomic mass is 16.7. The Morgan fingerprint density at radius 3 is 2.25 bits per heavy atom. The van der Waals surface area contributed by atoms with Crippen molar-refractivity contribution >= 4 is 6.29 Å². The maximum atomic E-state index is 10.6. The van der Waals surface area contributed by atoms with Gasteiger partial charge in [0, 0.05) is 11.1 Å². The number of carbonyl (C=O) groups is 1. The van der Waals surface area contributed by atoms with Gasteiger partial charge >= 0.3 is 0 Å². The van der Waals surface area contributed by atoms with Crippen molar-refractivity contribution in [3.63, 3.8) is 0 Å². The van der Waals surface area contributed by atoms with Crippen LogP contribution in [0.25, 0.3) is 0 Å². The molecule has 0 saturated carbocycles. The number of rotatable bonds is 3. The molecular weight excluding hydrogens is 268 g/mol. The van der Waals surface area contributed by atoms with Crippen LogP contribution in [0, 0.1) is 0 Å². The molecule has 7 heteroatoms. The van der Waals surface area contributed by atoms with Crippen molar-refractivity contribution in [3.05, 3.63) is 35.4 Å². The van der Waals surface area contributed by atoms with Gasteiger partial charge in [-0.2, -0.15) is 0 Å². The van der Waals surface area contributed by atoms with Crippen molar-refractivity contribution in [1.29, 1.82) is 0 Å². The second-order valence-electron chi connectivity index (χ2n) is 4.70. The number of hydrogen-bond donors (Lipinski definition) is 5. The average molecular weight is 284 g/mol. The minimum Gasteiger partial charge on any atom is -0.394 e. The number of aldehydes is 1. The molecule has 0 bridgehead atoms. The predicted octanol–water partition coefficient (Wildman–Crippen LogP) is -1.88. The first kappa shape index (κ1) is 15.0. The molecule has 1 saturated heterocycles. The Morgan fingerprint density at radius 2 is 1.75 bits per heavy atom. The van der Waals surface area contributed by atoms with Gasteiger partial charge in [-0.1, -0.05) is 24.3 Å². The van der Waals surface area contributed by atoms with Crippen LogP contribution in [-0.2, 0) is 10.5 Å². The molecule has 5 N–H and O–H groups in total. The van der Waals surface area contributed by atoms with E-state index < -0.39 is 36.8 Å². The summed E-state index contributed by atoms with van der Waals surface area (Å²) in [4.78, 5) is 10.6. The molecular formula is C13H16O7. The molecule has 110 valence electrons. The number of hydrogen-bond acceptors (Lipinski definition) is 7. The molecule has 5 atom stereocenters. The van der Waals surface area contributed by atoms with Gasteiger partial charge in [0.2, 0.25) is 5.79 Å². The van der Waals surface area contributed by atoms with E-state index in [0.29, 0.717) is 11.8 Å². The van der Waals surface area contributed by atoms with E-state index in [1.807, 2.05) is 0 Å². The fourth-order valence-corrected chi connectivity index (χ4v) is 2.19. The van der Waals surface area contributed by atoms with Crippen LogP contribution in [0.15, 0.2) is 24.3 Å². The quantitative estimate of drug-likeness (QED) is 0.411. The summed E-state index contributed by atoms with van der Waals surface area (Å²) in [6, 6.07) is 5.51. The van der Waals surface area contributed by atoms with Crippen LogP contribution in [-0.4, -0.2) is 62.8 Å². The maximum Gasteiger partial charge on any atom is 0.222 e. The van der Waals surface area contributed by atoms with Crippen molar-refractivity contribution in [2.45, 2.75) is 30.2 Å². The summed E-state index contributed by atoms with van der Waals surface area (Å²) < 4.78 is 5.13. The molecule has 0 spiro atoms. The van der Waals surface area contributed by atoms with Gasteiger partial charge in [0.15, 0.2) is 0 Å². The summed E-state index contributed by atoms with van der Waals surface area (Å²) >= 11 is 0. The van der Waals surface area contributed by atoms with Gasteiger partial charge in [-0.3, -0.25) is 4.79 Å². The SMILES string of the molecule is O=Cc1ccc(C2(O)O[C@H](CO)[C@@H](O)[C@@H](O)[C@H]2O)cc1. The van der Waals surface area contributed by atoms with Crippen molar-refractivity contribution in [2.75, 3.05) is 6.61 Å². The summed E-state index contributed by atoms with van der Waals surface area (Å²) in [6.07, 6.45) is -5.64. The van der Waals surface area contributed by atoms with Crippen LogP contribution >= 0.6 is 0 Å². The fourth-order valence-electron chi connectivity index (χ4n) is 2.19. The molecule has 0 aliphatic carbocycles. The molecule has 1 aromatic carbocycles. The molecule has 0 radical (unpaired) electrons. The zero-order valence-electron chi connectivity index (χ0n) is 10.5. The topological polar surface area (TPSA) is 127 Å². The minimum absolute atomic E-state index is 0.0972. The van der Waals surface area contributed by atoms with Crippen LogP contribution in [0.4, 0.5) is 0 Å². The van der Waals surface area contributed by atoms with Crippen LogP contribution in [0.1, 0.15) is 15.9 Å². The summed E-state index contributed by atoms with van der Waals surface area (Å²) in [5, 5.41) is 48.8. The van der Waals surface area contributed by atoms with Gasteiger partial charge in [-0.15, -0.1) is 0 Å². The van der Waals surface area contributed by atoms with E-state index >= 15 is 0 Å². The molecule has 20 heavy (non-hydrogen) atoms. The number of carbonyl (C=O) groups excluding carboxylic acids is 1. The number of aliphatic hydroxyl groups excluding tert-OH is 4. The molecule has 1 unspecified atom stereocenters. The lowest BCUT2D eigenvalue weighted by Gasteiger charge is -2.45. The third-order valence-electron chi connectivity index (χ3n) is 3.43. The van der Waals surface area contributed by atoms with E-state index in [9.17, 15) is 25.2 Å². The summed E-state index contributed by atoms with van der Waals surface area (Å²) in [5.41, 5.74) is 0.460. The van der Waals surface area contributed by atoms with Crippen molar-refractivity contribution in [1.82, 2.24) is 0 Å². The number of aliphatic hydroxyl groups is 5. The first-order valence-electron chi connectivity index (χ1n) is 6.05. The van der Waals surface area contributed by atoms with E-state index in [4.69, 9.17) is 9.84 Å². The summed E-state index contributed by atoms with van der Waals surface area (Å²) in [6.45, 7) is -0.639. The molecule has 0 aromatic heterocycles. The lowest BCUT2D eigenvalue weighted by atomic mass is 9.88. The van der Waals surface area contributed by atoms with E-state index in [0.717, 1.165) is 0 Å². The molecule has 1 fully saturated rings. The normalized spacial score (nSPS) is 37.6. The Labute approximate surface area is 114 Å².